The van der Waals surface area contributed by atoms with Gasteiger partial charge in [-0.3, -0.25) is 4.79 Å². The van der Waals surface area contributed by atoms with Crippen LogP contribution in [0.1, 0.15) is 23.7 Å². The number of hydrogen-bond acceptors (Lipinski definition) is 3. The van der Waals surface area contributed by atoms with E-state index in [2.05, 4.69) is 4.74 Å². The average molecular weight is 226 g/mol. The van der Waals surface area contributed by atoms with Crippen LogP contribution in [0.15, 0.2) is 30.3 Å². The van der Waals surface area contributed by atoms with Gasteiger partial charge in [-0.05, 0) is 12.1 Å². The van der Waals surface area contributed by atoms with E-state index in [4.69, 9.17) is 0 Å². The molecule has 72 valence electrons. The second-order valence-corrected chi connectivity index (χ2v) is 2.48. The molecule has 0 radical (unpaired) electrons. The predicted molar refractivity (Wildman–Crippen MR) is 61.5 cm³/mol. The van der Waals surface area contributed by atoms with Crippen LogP contribution >= 0.6 is 0 Å². The van der Waals surface area contributed by atoms with E-state index in [1.165, 1.54) is 0 Å². The Morgan fingerprint density at radius 1 is 1.13 bits per heavy atom. The fraction of sp³-hybridized carbons (Fsp3) is 0.200. The van der Waals surface area contributed by atoms with Crippen molar-refractivity contribution in [2.45, 2.75) is 13.3 Å². The van der Waals surface area contributed by atoms with Gasteiger partial charge in [0, 0.05) is 6.42 Å². The Morgan fingerprint density at radius 2 is 1.67 bits per heavy atom. The summed E-state index contributed by atoms with van der Waals surface area (Å²) < 4.78 is 4.51. The Bertz CT molecular complexity index is 312. The quantitative estimate of drug-likeness (QED) is 0.418. The first kappa shape index (κ1) is 17.7. The van der Waals surface area contributed by atoms with Gasteiger partial charge in [-0.25, -0.2) is 4.79 Å². The van der Waals surface area contributed by atoms with Crippen LogP contribution in [0.2, 0.25) is 0 Å². The van der Waals surface area contributed by atoms with Crippen LogP contribution < -0.4 is 0 Å². The topological polar surface area (TPSA) is 43.4 Å². The SMILES string of the molecule is CCC(=O)OC(=O)c1ccccc1.[NaH].[NaH]. The second-order valence-electron chi connectivity index (χ2n) is 2.48. The van der Waals surface area contributed by atoms with Gasteiger partial charge in [-0.15, -0.1) is 0 Å². The van der Waals surface area contributed by atoms with E-state index < -0.39 is 11.9 Å². The molecule has 0 saturated heterocycles. The number of rotatable bonds is 2. The summed E-state index contributed by atoms with van der Waals surface area (Å²) in [6, 6.07) is 8.43. The maximum atomic E-state index is 11.2. The third kappa shape index (κ3) is 6.51. The molecule has 3 nitrogen and oxygen atoms in total. The first-order chi connectivity index (χ1) is 6.24. The van der Waals surface area contributed by atoms with Crippen LogP contribution in [-0.2, 0) is 9.53 Å². The van der Waals surface area contributed by atoms with Crippen molar-refractivity contribution in [3.8, 4) is 0 Å². The summed E-state index contributed by atoms with van der Waals surface area (Å²) in [7, 11) is 0. The van der Waals surface area contributed by atoms with Crippen LogP contribution in [-0.4, -0.2) is 71.1 Å². The van der Waals surface area contributed by atoms with Crippen molar-refractivity contribution in [1.82, 2.24) is 0 Å². The molecule has 0 amide bonds. The van der Waals surface area contributed by atoms with Crippen molar-refractivity contribution in [1.29, 1.82) is 0 Å². The zero-order valence-electron chi connectivity index (χ0n) is 7.32. The fourth-order valence-corrected chi connectivity index (χ4v) is 0.809. The number of carbonyl (C=O) groups is 2. The molecule has 0 atom stereocenters. The third-order valence-electron chi connectivity index (χ3n) is 1.50. The van der Waals surface area contributed by atoms with E-state index in [-0.39, 0.29) is 65.5 Å². The minimum atomic E-state index is -0.590. The van der Waals surface area contributed by atoms with E-state index in [1.54, 1.807) is 37.3 Å². The first-order valence-corrected chi connectivity index (χ1v) is 4.04. The summed E-state index contributed by atoms with van der Waals surface area (Å²) in [5.41, 5.74) is 0.393. The van der Waals surface area contributed by atoms with Crippen molar-refractivity contribution in [3.63, 3.8) is 0 Å². The van der Waals surface area contributed by atoms with E-state index >= 15 is 0 Å². The molecule has 0 aliphatic heterocycles. The van der Waals surface area contributed by atoms with Crippen LogP contribution in [0, 0.1) is 0 Å². The van der Waals surface area contributed by atoms with E-state index in [0.717, 1.165) is 0 Å². The van der Waals surface area contributed by atoms with Crippen LogP contribution in [0.4, 0.5) is 0 Å². The Morgan fingerprint density at radius 3 is 2.13 bits per heavy atom. The molecule has 0 N–H and O–H groups in total. The molecule has 1 rings (SSSR count). The summed E-state index contributed by atoms with van der Waals surface area (Å²) in [5, 5.41) is 0. The van der Waals surface area contributed by atoms with Crippen molar-refractivity contribution >= 4 is 71.1 Å². The molecule has 0 bridgehead atoms. The molecule has 0 spiro atoms. The minimum absolute atomic E-state index is 0. The van der Waals surface area contributed by atoms with Crippen LogP contribution in [0.3, 0.4) is 0 Å². The zero-order valence-corrected chi connectivity index (χ0v) is 7.32. The number of benzene rings is 1. The Hall–Kier alpha value is 0.360. The molecule has 0 aliphatic rings. The summed E-state index contributed by atoms with van der Waals surface area (Å²) >= 11 is 0. The average Bonchev–Trinajstić information content (AvgIpc) is 2.19. The normalized spacial score (nSPS) is 8.07. The zero-order chi connectivity index (χ0) is 9.68. The van der Waals surface area contributed by atoms with Gasteiger partial charge in [0.2, 0.25) is 0 Å². The standard InChI is InChI=1S/C10H10O3.2Na.2H/c1-2-9(11)13-10(12)8-6-4-3-5-7-8;;;;/h3-7H,2H2,1H3;;;;. The summed E-state index contributed by atoms with van der Waals surface area (Å²) in [5.74, 6) is -1.10. The third-order valence-corrected chi connectivity index (χ3v) is 1.50. The van der Waals surface area contributed by atoms with Crippen LogP contribution in [0.5, 0.6) is 0 Å². The summed E-state index contributed by atoms with van der Waals surface area (Å²) in [6.45, 7) is 1.64. The predicted octanol–water partition coefficient (Wildman–Crippen LogP) is 0.483. The van der Waals surface area contributed by atoms with Crippen molar-refractivity contribution in [3.05, 3.63) is 35.9 Å². The Labute approximate surface area is 133 Å². The van der Waals surface area contributed by atoms with Crippen molar-refractivity contribution < 1.29 is 14.3 Å². The Balaban J connectivity index is 0. The van der Waals surface area contributed by atoms with E-state index in [0.29, 0.717) is 5.56 Å². The summed E-state index contributed by atoms with van der Waals surface area (Å²) in [6.07, 6.45) is 0.207. The molecular formula is C10H12Na2O3. The van der Waals surface area contributed by atoms with E-state index in [9.17, 15) is 9.59 Å². The van der Waals surface area contributed by atoms with Gasteiger partial charge in [0.05, 0.1) is 5.56 Å². The van der Waals surface area contributed by atoms with Gasteiger partial charge in [-0.1, -0.05) is 25.1 Å². The van der Waals surface area contributed by atoms with Crippen molar-refractivity contribution in [2.75, 3.05) is 0 Å². The number of esters is 2. The fourth-order valence-electron chi connectivity index (χ4n) is 0.809. The molecule has 0 heterocycles. The molecule has 1 aromatic carbocycles. The molecule has 5 heteroatoms. The van der Waals surface area contributed by atoms with Crippen molar-refractivity contribution in [2.24, 2.45) is 0 Å². The number of ether oxygens (including phenoxy) is 1. The number of carbonyl (C=O) groups excluding carboxylic acids is 2. The molecule has 0 saturated carbocycles. The van der Waals surface area contributed by atoms with Crippen LogP contribution in [0.25, 0.3) is 0 Å². The molecule has 0 aromatic heterocycles. The molecule has 0 fully saturated rings. The van der Waals surface area contributed by atoms with E-state index in [1.807, 2.05) is 0 Å². The van der Waals surface area contributed by atoms with Gasteiger partial charge in [0.15, 0.2) is 0 Å². The molecule has 15 heavy (non-hydrogen) atoms. The van der Waals surface area contributed by atoms with Gasteiger partial charge in [-0.2, -0.15) is 0 Å². The molecule has 0 unspecified atom stereocenters. The Kier molecular flexibility index (Phi) is 11.3. The molecular weight excluding hydrogens is 214 g/mol. The second kappa shape index (κ2) is 9.58. The monoisotopic (exact) mass is 226 g/mol. The maximum absolute atomic E-state index is 11.2. The van der Waals surface area contributed by atoms with Gasteiger partial charge >= 0.3 is 71.1 Å². The molecule has 0 aliphatic carbocycles. The molecule has 1 aromatic rings. The first-order valence-electron chi connectivity index (χ1n) is 4.04. The van der Waals surface area contributed by atoms with Gasteiger partial charge < -0.3 is 4.74 Å². The van der Waals surface area contributed by atoms with Gasteiger partial charge in [0.25, 0.3) is 0 Å². The van der Waals surface area contributed by atoms with Gasteiger partial charge in [0.1, 0.15) is 0 Å². The number of hydrogen-bond donors (Lipinski definition) is 0. The summed E-state index contributed by atoms with van der Waals surface area (Å²) in [4.78, 5) is 21.9.